The van der Waals surface area contributed by atoms with Gasteiger partial charge in [-0.3, -0.25) is 4.99 Å². The third-order valence-corrected chi connectivity index (χ3v) is 3.24. The summed E-state index contributed by atoms with van der Waals surface area (Å²) < 4.78 is 17.8. The number of aliphatic imine (C=N–C) groups is 1. The first kappa shape index (κ1) is 17.6. The van der Waals surface area contributed by atoms with Crippen molar-refractivity contribution in [3.8, 4) is 0 Å². The molecule has 0 aliphatic heterocycles. The van der Waals surface area contributed by atoms with Gasteiger partial charge in [-0.05, 0) is 43.3 Å². The van der Waals surface area contributed by atoms with Crippen molar-refractivity contribution >= 4 is 35.2 Å². The molecule has 0 aliphatic carbocycles. The minimum absolute atomic E-state index is 0.0342. The number of nitrogens with zero attached hydrogens (tertiary/aromatic N) is 2. The molecule has 0 bridgehead atoms. The molecule has 0 saturated carbocycles. The van der Waals surface area contributed by atoms with Gasteiger partial charge < -0.3 is 9.84 Å². The Balaban J connectivity index is 2.44. The average molecular weight is 349 g/mol. The lowest BCUT2D eigenvalue weighted by Crippen LogP contribution is -2.11. The largest absolute Gasteiger partial charge is 0.506 e. The maximum Gasteiger partial charge on any atom is 0.343 e. The van der Waals surface area contributed by atoms with Crippen LogP contribution in [0, 0.1) is 5.82 Å². The number of rotatable bonds is 5. The Bertz CT molecular complexity index is 789. The summed E-state index contributed by atoms with van der Waals surface area (Å²) in [5.74, 6) is -1.57. The predicted molar refractivity (Wildman–Crippen MR) is 90.0 cm³/mol. The predicted octanol–water partition coefficient (Wildman–Crippen LogP) is 4.11. The van der Waals surface area contributed by atoms with E-state index in [1.165, 1.54) is 36.5 Å². The highest BCUT2D eigenvalue weighted by molar-refractivity contribution is 6.31. The lowest BCUT2D eigenvalue weighted by molar-refractivity contribution is -0.137. The van der Waals surface area contributed by atoms with E-state index in [0.29, 0.717) is 5.69 Å². The van der Waals surface area contributed by atoms with Crippen molar-refractivity contribution in [3.05, 3.63) is 64.7 Å². The molecule has 124 valence electrons. The van der Waals surface area contributed by atoms with Gasteiger partial charge in [-0.15, -0.1) is 0 Å². The molecule has 2 rings (SSSR count). The van der Waals surface area contributed by atoms with Crippen LogP contribution in [0.2, 0.25) is 5.15 Å². The van der Waals surface area contributed by atoms with Crippen LogP contribution in [0.5, 0.6) is 0 Å². The molecule has 0 radical (unpaired) electrons. The maximum absolute atomic E-state index is 12.9. The van der Waals surface area contributed by atoms with E-state index >= 15 is 0 Å². The Labute approximate surface area is 143 Å². The molecule has 2 aromatic rings. The van der Waals surface area contributed by atoms with Gasteiger partial charge in [0, 0.05) is 12.4 Å². The molecule has 5 nitrogen and oxygen atoms in total. The number of benzene rings is 1. The van der Waals surface area contributed by atoms with E-state index < -0.39 is 17.5 Å². The molecule has 1 N–H and O–H groups in total. The number of aliphatic hydroxyl groups is 1. The summed E-state index contributed by atoms with van der Waals surface area (Å²) >= 11 is 5.94. The van der Waals surface area contributed by atoms with Crippen LogP contribution < -0.4 is 0 Å². The second-order valence-corrected chi connectivity index (χ2v) is 4.92. The molecule has 0 spiro atoms. The smallest absolute Gasteiger partial charge is 0.343 e. The zero-order valence-electron chi connectivity index (χ0n) is 12.7. The highest BCUT2D eigenvalue weighted by Crippen LogP contribution is 2.23. The molecule has 0 unspecified atom stereocenters. The van der Waals surface area contributed by atoms with Crippen molar-refractivity contribution in [1.29, 1.82) is 0 Å². The summed E-state index contributed by atoms with van der Waals surface area (Å²) in [6, 6.07) is 8.41. The number of pyridine rings is 1. The fourth-order valence-electron chi connectivity index (χ4n) is 1.79. The Morgan fingerprint density at radius 2 is 2.08 bits per heavy atom. The van der Waals surface area contributed by atoms with Crippen molar-refractivity contribution in [3.63, 3.8) is 0 Å². The summed E-state index contributed by atoms with van der Waals surface area (Å²) in [6.07, 6.45) is 2.60. The van der Waals surface area contributed by atoms with Gasteiger partial charge in [-0.25, -0.2) is 14.2 Å². The fraction of sp³-hybridized carbons (Fsp3) is 0.118. The molecule has 1 aromatic carbocycles. The maximum atomic E-state index is 12.9. The number of aliphatic hydroxyl groups excluding tert-OH is 1. The van der Waals surface area contributed by atoms with Crippen LogP contribution in [-0.2, 0) is 9.53 Å². The number of esters is 1. The van der Waals surface area contributed by atoms with E-state index in [1.807, 2.05) is 0 Å². The SMILES string of the molecule is CCOC(=O)C(C=Nc1ccc(F)cc1)=C(O)c1cccnc1Cl. The Hall–Kier alpha value is -2.73. The lowest BCUT2D eigenvalue weighted by Gasteiger charge is -2.07. The molecule has 0 saturated heterocycles. The second kappa shape index (κ2) is 8.21. The van der Waals surface area contributed by atoms with E-state index in [0.717, 1.165) is 6.21 Å². The minimum Gasteiger partial charge on any atom is -0.506 e. The Morgan fingerprint density at radius 1 is 1.38 bits per heavy atom. The van der Waals surface area contributed by atoms with Crippen LogP contribution in [0.3, 0.4) is 0 Å². The van der Waals surface area contributed by atoms with Crippen LogP contribution in [-0.4, -0.2) is 28.9 Å². The average Bonchev–Trinajstić information content (AvgIpc) is 2.57. The van der Waals surface area contributed by atoms with Gasteiger partial charge >= 0.3 is 5.97 Å². The van der Waals surface area contributed by atoms with Crippen molar-refractivity contribution in [1.82, 2.24) is 4.98 Å². The molecule has 0 amide bonds. The van der Waals surface area contributed by atoms with Gasteiger partial charge in [0.1, 0.15) is 22.3 Å². The highest BCUT2D eigenvalue weighted by Gasteiger charge is 2.18. The third kappa shape index (κ3) is 4.39. The zero-order valence-corrected chi connectivity index (χ0v) is 13.5. The topological polar surface area (TPSA) is 71.8 Å². The molecular formula is C17H14ClFN2O3. The van der Waals surface area contributed by atoms with Crippen LogP contribution >= 0.6 is 11.6 Å². The monoisotopic (exact) mass is 348 g/mol. The van der Waals surface area contributed by atoms with Crippen LogP contribution in [0.4, 0.5) is 10.1 Å². The number of halogens is 2. The van der Waals surface area contributed by atoms with Crippen molar-refractivity contribution in [2.75, 3.05) is 6.61 Å². The minimum atomic E-state index is -0.763. The molecule has 1 aromatic heterocycles. The number of hydrogen-bond acceptors (Lipinski definition) is 5. The van der Waals surface area contributed by atoms with Gasteiger partial charge in [0.25, 0.3) is 0 Å². The van der Waals surface area contributed by atoms with E-state index in [1.54, 1.807) is 13.0 Å². The molecule has 1 heterocycles. The van der Waals surface area contributed by atoms with Gasteiger partial charge in [0.2, 0.25) is 0 Å². The standard InChI is InChI=1S/C17H14ClFN2O3/c1-2-24-17(23)14(10-21-12-7-5-11(19)6-8-12)15(22)13-4-3-9-20-16(13)18/h3-10,22H,2H2,1H3. The number of carbonyl (C=O) groups is 1. The normalized spacial score (nSPS) is 12.1. The third-order valence-electron chi connectivity index (χ3n) is 2.93. The summed E-state index contributed by atoms with van der Waals surface area (Å²) in [6.45, 7) is 1.77. The Kier molecular flexibility index (Phi) is 6.03. The van der Waals surface area contributed by atoms with Crippen molar-refractivity contribution in [2.45, 2.75) is 6.92 Å². The summed E-state index contributed by atoms with van der Waals surface area (Å²) in [7, 11) is 0. The van der Waals surface area contributed by atoms with E-state index in [4.69, 9.17) is 16.3 Å². The van der Waals surface area contributed by atoms with Crippen molar-refractivity contribution < 1.29 is 19.0 Å². The number of hydrogen-bond donors (Lipinski definition) is 1. The molecule has 0 atom stereocenters. The van der Waals surface area contributed by atoms with Crippen LogP contribution in [0.25, 0.3) is 5.76 Å². The summed E-state index contributed by atoms with van der Waals surface area (Å²) in [5, 5.41) is 10.4. The van der Waals surface area contributed by atoms with E-state index in [-0.39, 0.29) is 22.9 Å². The number of aromatic nitrogens is 1. The molecule has 7 heteroatoms. The lowest BCUT2D eigenvalue weighted by atomic mass is 10.1. The molecule has 0 aliphatic rings. The number of ether oxygens (including phenoxy) is 1. The first-order chi connectivity index (χ1) is 11.5. The van der Waals surface area contributed by atoms with Crippen LogP contribution in [0.1, 0.15) is 12.5 Å². The second-order valence-electron chi connectivity index (χ2n) is 4.56. The first-order valence-corrected chi connectivity index (χ1v) is 7.41. The van der Waals surface area contributed by atoms with Gasteiger partial charge in [0.05, 0.1) is 17.9 Å². The molecular weight excluding hydrogens is 335 g/mol. The summed E-state index contributed by atoms with van der Waals surface area (Å²) in [5.41, 5.74) is 0.395. The van der Waals surface area contributed by atoms with Crippen molar-refractivity contribution in [2.24, 2.45) is 4.99 Å². The van der Waals surface area contributed by atoms with Gasteiger partial charge in [-0.1, -0.05) is 11.6 Å². The quantitative estimate of drug-likeness (QED) is 0.290. The highest BCUT2D eigenvalue weighted by atomic mass is 35.5. The van der Waals surface area contributed by atoms with Gasteiger partial charge in [-0.2, -0.15) is 0 Å². The van der Waals surface area contributed by atoms with E-state index in [2.05, 4.69) is 9.98 Å². The number of carbonyl (C=O) groups excluding carboxylic acids is 1. The fourth-order valence-corrected chi connectivity index (χ4v) is 2.00. The van der Waals surface area contributed by atoms with E-state index in [9.17, 15) is 14.3 Å². The summed E-state index contributed by atoms with van der Waals surface area (Å²) in [4.78, 5) is 20.0. The molecule has 24 heavy (non-hydrogen) atoms. The van der Waals surface area contributed by atoms with Gasteiger partial charge in [0.15, 0.2) is 0 Å². The molecule has 0 fully saturated rings. The first-order valence-electron chi connectivity index (χ1n) is 7.03. The zero-order chi connectivity index (χ0) is 17.5. The Morgan fingerprint density at radius 3 is 2.71 bits per heavy atom. The van der Waals surface area contributed by atoms with Crippen LogP contribution in [0.15, 0.2) is 53.2 Å².